The number of benzene rings is 2. The molecular weight excluding hydrogens is 326 g/mol. The summed E-state index contributed by atoms with van der Waals surface area (Å²) in [5.41, 5.74) is 2.70. The number of hydrogen-bond donors (Lipinski definition) is 1. The Kier molecular flexibility index (Phi) is 4.78. The molecule has 1 aliphatic rings. The van der Waals surface area contributed by atoms with E-state index in [0.29, 0.717) is 19.2 Å². The Labute approximate surface area is 152 Å². The van der Waals surface area contributed by atoms with E-state index in [1.807, 2.05) is 60.7 Å². The summed E-state index contributed by atoms with van der Waals surface area (Å²) in [6.45, 7) is 1.14. The largest absolute Gasteiger partial charge is 0.493 e. The normalized spacial score (nSPS) is 13.7. The van der Waals surface area contributed by atoms with Gasteiger partial charge in [-0.05, 0) is 36.8 Å². The molecule has 0 saturated carbocycles. The molecule has 0 spiro atoms. The zero-order valence-electron chi connectivity index (χ0n) is 14.3. The van der Waals surface area contributed by atoms with Crippen LogP contribution in [-0.2, 0) is 0 Å². The SMILES string of the molecule is C1=CCOc2cccc(c2)-c2ccnc(n2)Nc2cccc(c2)OCC1. The second-order valence-corrected chi connectivity index (χ2v) is 5.87. The number of nitrogens with one attached hydrogen (secondary N) is 1. The van der Waals surface area contributed by atoms with Crippen molar-refractivity contribution in [3.63, 3.8) is 0 Å². The Bertz CT molecular complexity index is 924. The molecule has 6 bridgehead atoms. The average molecular weight is 345 g/mol. The lowest BCUT2D eigenvalue weighted by molar-refractivity contribution is 0.324. The molecule has 0 atom stereocenters. The van der Waals surface area contributed by atoms with Gasteiger partial charge in [0.15, 0.2) is 0 Å². The molecule has 0 unspecified atom stereocenters. The predicted octanol–water partition coefficient (Wildman–Crippen LogP) is 4.60. The van der Waals surface area contributed by atoms with Crippen LogP contribution in [-0.4, -0.2) is 23.2 Å². The number of ether oxygens (including phenoxy) is 2. The first kappa shape index (κ1) is 16.1. The van der Waals surface area contributed by atoms with Gasteiger partial charge in [-0.1, -0.05) is 30.4 Å². The van der Waals surface area contributed by atoms with Crippen molar-refractivity contribution in [2.75, 3.05) is 18.5 Å². The van der Waals surface area contributed by atoms with Gasteiger partial charge in [-0.15, -0.1) is 0 Å². The smallest absolute Gasteiger partial charge is 0.227 e. The molecular formula is C21H19N3O2. The van der Waals surface area contributed by atoms with Gasteiger partial charge in [-0.2, -0.15) is 0 Å². The van der Waals surface area contributed by atoms with E-state index in [1.54, 1.807) is 6.20 Å². The topological polar surface area (TPSA) is 56.3 Å². The van der Waals surface area contributed by atoms with Gasteiger partial charge < -0.3 is 14.8 Å². The molecule has 3 aromatic rings. The van der Waals surface area contributed by atoms with Crippen LogP contribution in [0.15, 0.2) is 72.9 Å². The number of fused-ring (bicyclic) bond motifs is 7. The summed E-state index contributed by atoms with van der Waals surface area (Å²) in [6, 6.07) is 17.6. The molecule has 1 aliphatic heterocycles. The number of rotatable bonds is 0. The van der Waals surface area contributed by atoms with Crippen molar-refractivity contribution >= 4 is 11.6 Å². The van der Waals surface area contributed by atoms with E-state index in [4.69, 9.17) is 9.47 Å². The highest BCUT2D eigenvalue weighted by atomic mass is 16.5. The molecule has 2 aromatic carbocycles. The lowest BCUT2D eigenvalue weighted by Gasteiger charge is -2.09. The Balaban J connectivity index is 1.70. The van der Waals surface area contributed by atoms with Crippen molar-refractivity contribution in [2.45, 2.75) is 6.42 Å². The number of aromatic nitrogens is 2. The van der Waals surface area contributed by atoms with Gasteiger partial charge in [0.05, 0.1) is 12.3 Å². The molecule has 2 heterocycles. The molecule has 0 aliphatic carbocycles. The zero-order chi connectivity index (χ0) is 17.6. The summed E-state index contributed by atoms with van der Waals surface area (Å²) < 4.78 is 11.6. The van der Waals surface area contributed by atoms with E-state index in [-0.39, 0.29) is 0 Å². The van der Waals surface area contributed by atoms with Gasteiger partial charge in [0.1, 0.15) is 18.1 Å². The van der Waals surface area contributed by atoms with E-state index < -0.39 is 0 Å². The van der Waals surface area contributed by atoms with Crippen LogP contribution in [0.3, 0.4) is 0 Å². The highest BCUT2D eigenvalue weighted by Crippen LogP contribution is 2.25. The fourth-order valence-electron chi connectivity index (χ4n) is 2.69. The van der Waals surface area contributed by atoms with Crippen molar-refractivity contribution < 1.29 is 9.47 Å². The Morgan fingerprint density at radius 1 is 0.885 bits per heavy atom. The van der Waals surface area contributed by atoms with Gasteiger partial charge in [-0.3, -0.25) is 0 Å². The maximum atomic E-state index is 5.79. The van der Waals surface area contributed by atoms with Crippen molar-refractivity contribution in [3.8, 4) is 22.8 Å². The van der Waals surface area contributed by atoms with E-state index in [2.05, 4.69) is 21.4 Å². The van der Waals surface area contributed by atoms with Crippen LogP contribution in [0.2, 0.25) is 0 Å². The predicted molar refractivity (Wildman–Crippen MR) is 102 cm³/mol. The lowest BCUT2D eigenvalue weighted by Crippen LogP contribution is -1.99. The first-order valence-corrected chi connectivity index (χ1v) is 8.58. The van der Waals surface area contributed by atoms with Crippen LogP contribution < -0.4 is 14.8 Å². The Morgan fingerprint density at radius 2 is 1.77 bits per heavy atom. The Morgan fingerprint density at radius 3 is 2.73 bits per heavy atom. The van der Waals surface area contributed by atoms with E-state index >= 15 is 0 Å². The highest BCUT2D eigenvalue weighted by molar-refractivity contribution is 5.63. The van der Waals surface area contributed by atoms with Gasteiger partial charge in [0.25, 0.3) is 0 Å². The van der Waals surface area contributed by atoms with Crippen molar-refractivity contribution in [1.29, 1.82) is 0 Å². The van der Waals surface area contributed by atoms with Gasteiger partial charge in [0, 0.05) is 23.5 Å². The van der Waals surface area contributed by atoms with E-state index in [0.717, 1.165) is 34.9 Å². The summed E-state index contributed by atoms with van der Waals surface area (Å²) in [5, 5.41) is 3.24. The minimum absolute atomic E-state index is 0.523. The molecule has 130 valence electrons. The molecule has 0 fully saturated rings. The minimum atomic E-state index is 0.523. The van der Waals surface area contributed by atoms with E-state index in [1.165, 1.54) is 0 Å². The van der Waals surface area contributed by atoms with Crippen molar-refractivity contribution in [2.24, 2.45) is 0 Å². The number of hydrogen-bond acceptors (Lipinski definition) is 5. The highest BCUT2D eigenvalue weighted by Gasteiger charge is 2.05. The van der Waals surface area contributed by atoms with Gasteiger partial charge >= 0.3 is 0 Å². The number of anilines is 2. The quantitative estimate of drug-likeness (QED) is 0.603. The Hall–Kier alpha value is -3.34. The lowest BCUT2D eigenvalue weighted by atomic mass is 10.1. The molecule has 0 radical (unpaired) electrons. The summed E-state index contributed by atoms with van der Waals surface area (Å²) in [6.07, 6.45) is 6.65. The second-order valence-electron chi connectivity index (χ2n) is 5.87. The first-order chi connectivity index (χ1) is 12.9. The summed E-state index contributed by atoms with van der Waals surface area (Å²) in [4.78, 5) is 8.93. The van der Waals surface area contributed by atoms with Crippen LogP contribution in [0, 0.1) is 0 Å². The molecule has 0 amide bonds. The number of nitrogens with zero attached hydrogens (tertiary/aromatic N) is 2. The van der Waals surface area contributed by atoms with Crippen LogP contribution in [0.25, 0.3) is 11.3 Å². The van der Waals surface area contributed by atoms with E-state index in [9.17, 15) is 0 Å². The van der Waals surface area contributed by atoms with Crippen LogP contribution in [0.1, 0.15) is 6.42 Å². The fraction of sp³-hybridized carbons (Fsp3) is 0.143. The van der Waals surface area contributed by atoms with Gasteiger partial charge in [0.2, 0.25) is 5.95 Å². The zero-order valence-corrected chi connectivity index (χ0v) is 14.3. The fourth-order valence-corrected chi connectivity index (χ4v) is 2.69. The average Bonchev–Trinajstić information content (AvgIpc) is 2.67. The molecule has 5 nitrogen and oxygen atoms in total. The summed E-state index contributed by atoms with van der Waals surface area (Å²) in [5.74, 6) is 2.16. The van der Waals surface area contributed by atoms with Crippen molar-refractivity contribution in [1.82, 2.24) is 9.97 Å². The first-order valence-electron chi connectivity index (χ1n) is 8.58. The maximum Gasteiger partial charge on any atom is 0.227 e. The third kappa shape index (κ3) is 4.00. The van der Waals surface area contributed by atoms with Crippen LogP contribution >= 0.6 is 0 Å². The maximum absolute atomic E-state index is 5.79. The monoisotopic (exact) mass is 345 g/mol. The van der Waals surface area contributed by atoms with Gasteiger partial charge in [-0.25, -0.2) is 9.97 Å². The summed E-state index contributed by atoms with van der Waals surface area (Å²) >= 11 is 0. The minimum Gasteiger partial charge on any atom is -0.493 e. The molecule has 5 heteroatoms. The van der Waals surface area contributed by atoms with Crippen molar-refractivity contribution in [3.05, 3.63) is 72.9 Å². The third-order valence-electron chi connectivity index (χ3n) is 3.94. The molecule has 26 heavy (non-hydrogen) atoms. The van der Waals surface area contributed by atoms with Crippen LogP contribution in [0.5, 0.6) is 11.5 Å². The molecule has 1 N–H and O–H groups in total. The third-order valence-corrected chi connectivity index (χ3v) is 3.94. The standard InChI is InChI=1S/C21H19N3O2/c1-2-12-25-18-8-4-6-16(14-18)20-10-11-22-21(24-20)23-17-7-5-9-19(15-17)26-13-3-1/h1-2,4-11,14-15H,3,12-13H2,(H,22,23,24). The molecule has 0 saturated heterocycles. The second kappa shape index (κ2) is 7.70. The molecule has 4 rings (SSSR count). The summed E-state index contributed by atoms with van der Waals surface area (Å²) in [7, 11) is 0. The van der Waals surface area contributed by atoms with Crippen LogP contribution in [0.4, 0.5) is 11.6 Å². The molecule has 1 aromatic heterocycles.